The van der Waals surface area contributed by atoms with E-state index in [2.05, 4.69) is 44.7 Å². The van der Waals surface area contributed by atoms with Crippen LogP contribution in [0.25, 0.3) is 0 Å². The van der Waals surface area contributed by atoms with Crippen LogP contribution in [0.2, 0.25) is 0 Å². The van der Waals surface area contributed by atoms with Gasteiger partial charge in [0, 0.05) is 50.3 Å². The number of benzene rings is 4. The second-order valence-electron chi connectivity index (χ2n) is 14.4. The van der Waals surface area contributed by atoms with Gasteiger partial charge in [-0.15, -0.1) is 0 Å². The van der Waals surface area contributed by atoms with Gasteiger partial charge in [0.1, 0.15) is 5.54 Å². The summed E-state index contributed by atoms with van der Waals surface area (Å²) >= 11 is 0. The lowest BCUT2D eigenvalue weighted by Gasteiger charge is -2.47. The number of hydrogen-bond acceptors (Lipinski definition) is 9. The molecule has 1 spiro atoms. The molecule has 4 aromatic rings. The van der Waals surface area contributed by atoms with E-state index in [4.69, 9.17) is 14.2 Å². The van der Waals surface area contributed by atoms with Crippen molar-refractivity contribution in [3.05, 3.63) is 137 Å². The topological polar surface area (TPSA) is 130 Å². The Morgan fingerprint density at radius 1 is 0.870 bits per heavy atom. The van der Waals surface area contributed by atoms with Crippen molar-refractivity contribution < 1.29 is 33.7 Å². The molecule has 0 aliphatic carbocycles. The summed E-state index contributed by atoms with van der Waals surface area (Å²) in [4.78, 5) is 41.7. The van der Waals surface area contributed by atoms with Crippen LogP contribution in [0.4, 0.5) is 5.69 Å². The molecule has 3 aliphatic rings. The Balaban J connectivity index is 1.14. The number of ether oxygens (including phenoxy) is 3. The predicted octanol–water partition coefficient (Wildman–Crippen LogP) is 5.11. The number of aliphatic hydroxyl groups excluding tert-OH is 1. The molecule has 5 unspecified atom stereocenters. The molecule has 3 N–H and O–H groups in total. The number of carbonyl (C=O) groups excluding carboxylic acids is 3. The molecule has 0 aromatic heterocycles. The van der Waals surface area contributed by atoms with Crippen LogP contribution in [-0.2, 0) is 41.7 Å². The highest BCUT2D eigenvalue weighted by Crippen LogP contribution is 2.47. The third-order valence-corrected chi connectivity index (χ3v) is 10.9. The zero-order chi connectivity index (χ0) is 37.7. The summed E-state index contributed by atoms with van der Waals surface area (Å²) < 4.78 is 18.9. The molecule has 0 saturated carbocycles. The monoisotopic (exact) mass is 732 g/mol. The minimum atomic E-state index is -0.882. The van der Waals surface area contributed by atoms with E-state index in [0.717, 1.165) is 46.6 Å². The van der Waals surface area contributed by atoms with Crippen LogP contribution < -0.4 is 15.5 Å². The molecule has 0 radical (unpaired) electrons. The van der Waals surface area contributed by atoms with Crippen LogP contribution in [-0.4, -0.2) is 71.8 Å². The van der Waals surface area contributed by atoms with Crippen molar-refractivity contribution in [2.45, 2.75) is 75.9 Å². The number of nitrogens with one attached hydrogen (secondary N) is 2. The molecule has 3 aliphatic heterocycles. The zero-order valence-corrected chi connectivity index (χ0v) is 30.7. The number of likely N-dealkylation sites (tertiary alicyclic amines) is 1. The lowest BCUT2D eigenvalue weighted by Crippen LogP contribution is -2.57. The van der Waals surface area contributed by atoms with Gasteiger partial charge >= 0.3 is 5.97 Å². The average molecular weight is 733 g/mol. The molecular weight excluding hydrogens is 684 g/mol. The van der Waals surface area contributed by atoms with Crippen molar-refractivity contribution in [1.82, 2.24) is 15.5 Å². The Labute approximate surface area is 316 Å². The maximum atomic E-state index is 13.4. The second-order valence-corrected chi connectivity index (χ2v) is 14.4. The second kappa shape index (κ2) is 16.5. The summed E-state index contributed by atoms with van der Waals surface area (Å²) in [6.07, 6.45) is -0.814. The van der Waals surface area contributed by atoms with E-state index in [1.807, 2.05) is 84.9 Å². The van der Waals surface area contributed by atoms with Crippen molar-refractivity contribution in [1.29, 1.82) is 0 Å². The van der Waals surface area contributed by atoms with E-state index < -0.39 is 23.9 Å². The van der Waals surface area contributed by atoms with Gasteiger partial charge in [0.05, 0.1) is 25.5 Å². The van der Waals surface area contributed by atoms with Crippen molar-refractivity contribution >= 4 is 23.5 Å². The maximum Gasteiger partial charge on any atom is 0.303 e. The molecule has 11 nitrogen and oxygen atoms in total. The molecular formula is C43H48N4O7. The number of nitrogens with zero attached hydrogens (tertiary/aromatic N) is 2. The van der Waals surface area contributed by atoms with Crippen LogP contribution in [0.15, 0.2) is 109 Å². The summed E-state index contributed by atoms with van der Waals surface area (Å²) in [7, 11) is 0. The predicted molar refractivity (Wildman–Crippen MR) is 203 cm³/mol. The highest BCUT2D eigenvalue weighted by molar-refractivity contribution is 5.93. The minimum absolute atomic E-state index is 0.0477. The van der Waals surface area contributed by atoms with Gasteiger partial charge in [-0.1, -0.05) is 97.1 Å². The summed E-state index contributed by atoms with van der Waals surface area (Å²) in [6.45, 7) is 5.64. The van der Waals surface area contributed by atoms with Crippen LogP contribution in [0, 0.1) is 0 Å². The number of aliphatic hydroxyl groups is 1. The quantitative estimate of drug-likeness (QED) is 0.180. The lowest BCUT2D eigenvalue weighted by atomic mass is 9.82. The SMILES string of the molecule is CC(=O)OC(C)C(=O)NCc1ccc(C2OC(CN3CCC4(CC3)C(=O)NCN4c3ccccc3)C(c3ccccc3)C(c3ccc(CO)cc3)O2)cc1. The molecule has 3 heterocycles. The Kier molecular flexibility index (Phi) is 11.4. The number of para-hydroxylation sites is 1. The number of amides is 2. The Bertz CT molecular complexity index is 1880. The number of anilines is 1. The molecule has 282 valence electrons. The molecule has 11 heteroatoms. The molecule has 2 amide bonds. The highest BCUT2D eigenvalue weighted by Gasteiger charge is 2.51. The van der Waals surface area contributed by atoms with E-state index in [0.29, 0.717) is 26.1 Å². The maximum absolute atomic E-state index is 13.4. The van der Waals surface area contributed by atoms with E-state index >= 15 is 0 Å². The first-order valence-electron chi connectivity index (χ1n) is 18.7. The molecule has 7 rings (SSSR count). The summed E-state index contributed by atoms with van der Waals surface area (Å²) in [6, 6.07) is 36.1. The molecule has 54 heavy (non-hydrogen) atoms. The van der Waals surface area contributed by atoms with Crippen LogP contribution in [0.3, 0.4) is 0 Å². The first kappa shape index (κ1) is 37.3. The van der Waals surface area contributed by atoms with Gasteiger partial charge in [0.2, 0.25) is 5.91 Å². The van der Waals surface area contributed by atoms with E-state index in [-0.39, 0.29) is 43.1 Å². The van der Waals surface area contributed by atoms with Gasteiger partial charge in [-0.05, 0) is 54.2 Å². The van der Waals surface area contributed by atoms with E-state index in [1.54, 1.807) is 0 Å². The largest absolute Gasteiger partial charge is 0.453 e. The summed E-state index contributed by atoms with van der Waals surface area (Å²) in [5.74, 6) is -0.945. The number of esters is 1. The standard InChI is InChI=1S/C43H48N4O7/c1-29(52-30(2)49)40(50)44-25-31-13-19-35(20-14-31)41-53-37(38(33-9-5-3-6-10-33)39(54-41)34-17-15-32(27-48)16-18-34)26-46-23-21-43(22-24-46)42(51)45-28-47(43)36-11-7-4-8-12-36/h3-20,29,37-39,41,48H,21-28H2,1-2H3,(H,44,50)(H,45,51). The van der Waals surface area contributed by atoms with Gasteiger partial charge in [0.25, 0.3) is 5.91 Å². The third-order valence-electron chi connectivity index (χ3n) is 10.9. The lowest BCUT2D eigenvalue weighted by molar-refractivity contribution is -0.264. The molecule has 3 saturated heterocycles. The van der Waals surface area contributed by atoms with E-state index in [1.165, 1.54) is 13.8 Å². The van der Waals surface area contributed by atoms with Crippen molar-refractivity contribution in [3.8, 4) is 0 Å². The van der Waals surface area contributed by atoms with Crippen molar-refractivity contribution in [2.75, 3.05) is 31.2 Å². The van der Waals surface area contributed by atoms with Gasteiger partial charge in [0.15, 0.2) is 12.4 Å². The van der Waals surface area contributed by atoms with Crippen LogP contribution in [0.5, 0.6) is 0 Å². The summed E-state index contributed by atoms with van der Waals surface area (Å²) in [5, 5.41) is 15.7. The first-order valence-corrected chi connectivity index (χ1v) is 18.7. The van der Waals surface area contributed by atoms with Crippen LogP contribution in [0.1, 0.15) is 72.8 Å². The Morgan fingerprint density at radius 3 is 2.15 bits per heavy atom. The zero-order valence-electron chi connectivity index (χ0n) is 30.7. The van der Waals surface area contributed by atoms with E-state index in [9.17, 15) is 19.5 Å². The molecule has 4 aromatic carbocycles. The fourth-order valence-corrected chi connectivity index (χ4v) is 7.99. The molecule has 0 bridgehead atoms. The average Bonchev–Trinajstić information content (AvgIpc) is 3.52. The van der Waals surface area contributed by atoms with Crippen LogP contribution >= 0.6 is 0 Å². The summed E-state index contributed by atoms with van der Waals surface area (Å²) in [5.41, 5.74) is 5.07. The third kappa shape index (κ3) is 8.05. The number of hydrogen-bond donors (Lipinski definition) is 3. The smallest absolute Gasteiger partial charge is 0.303 e. The molecule has 3 fully saturated rings. The molecule has 5 atom stereocenters. The van der Waals surface area contributed by atoms with Gasteiger partial charge in [-0.2, -0.15) is 0 Å². The number of carbonyl (C=O) groups is 3. The highest BCUT2D eigenvalue weighted by atomic mass is 16.7. The van der Waals surface area contributed by atoms with Crippen molar-refractivity contribution in [3.63, 3.8) is 0 Å². The fraction of sp³-hybridized carbons (Fsp3) is 0.372. The number of rotatable bonds is 11. The van der Waals surface area contributed by atoms with Gasteiger partial charge in [-0.25, -0.2) is 0 Å². The Hall–Kier alpha value is -5.07. The fourth-order valence-electron chi connectivity index (χ4n) is 7.99. The van der Waals surface area contributed by atoms with Gasteiger partial charge in [-0.3, -0.25) is 14.4 Å². The van der Waals surface area contributed by atoms with Crippen molar-refractivity contribution in [2.24, 2.45) is 0 Å². The normalized spacial score (nSPS) is 23.1. The Morgan fingerprint density at radius 2 is 1.50 bits per heavy atom. The minimum Gasteiger partial charge on any atom is -0.453 e. The van der Waals surface area contributed by atoms with Gasteiger partial charge < -0.3 is 39.8 Å². The number of piperidine rings is 1. The first-order chi connectivity index (χ1) is 26.2.